The molecule has 7 nitrogen and oxygen atoms in total. The lowest BCUT2D eigenvalue weighted by atomic mass is 9.40. The van der Waals surface area contributed by atoms with Crippen LogP contribution in [0.15, 0.2) is 11.8 Å². The van der Waals surface area contributed by atoms with Gasteiger partial charge in [-0.2, -0.15) is 0 Å². The second-order valence-electron chi connectivity index (χ2n) is 10.6. The highest BCUT2D eigenvalue weighted by atomic mass is 16.8. The first-order chi connectivity index (χ1) is 13.3. The lowest BCUT2D eigenvalue weighted by molar-refractivity contribution is -0.434. The lowest BCUT2D eigenvalue weighted by Gasteiger charge is -2.70. The van der Waals surface area contributed by atoms with E-state index in [9.17, 15) is 9.59 Å². The van der Waals surface area contributed by atoms with E-state index in [1.165, 1.54) is 0 Å². The molecule has 0 aromatic carbocycles. The summed E-state index contributed by atoms with van der Waals surface area (Å²) in [5.74, 6) is -1.14. The van der Waals surface area contributed by atoms with Crippen molar-refractivity contribution in [2.24, 2.45) is 16.7 Å². The quantitative estimate of drug-likeness (QED) is 0.450. The first-order valence-electron chi connectivity index (χ1n) is 10.5. The van der Waals surface area contributed by atoms with E-state index in [2.05, 4.69) is 20.8 Å². The number of rotatable bonds is 0. The molecule has 7 heteroatoms. The summed E-state index contributed by atoms with van der Waals surface area (Å²) < 4.78 is 30.8. The van der Waals surface area contributed by atoms with Gasteiger partial charge in [0.15, 0.2) is 35.0 Å². The Morgan fingerprint density at radius 3 is 2.38 bits per heavy atom. The molecular formula is C22H30O7. The zero-order valence-corrected chi connectivity index (χ0v) is 18.2. The molecule has 160 valence electrons. The molecule has 2 saturated carbocycles. The number of ether oxygens (including phenoxy) is 5. The van der Waals surface area contributed by atoms with Crippen molar-refractivity contribution in [3.63, 3.8) is 0 Å². The van der Waals surface area contributed by atoms with Gasteiger partial charge in [0.05, 0.1) is 6.10 Å². The first kappa shape index (κ1) is 19.4. The van der Waals surface area contributed by atoms with Crippen LogP contribution in [-0.4, -0.2) is 47.2 Å². The van der Waals surface area contributed by atoms with Crippen LogP contribution >= 0.6 is 0 Å². The van der Waals surface area contributed by atoms with Gasteiger partial charge in [0.25, 0.3) is 0 Å². The number of allylic oxidation sites excluding steroid dienone is 1. The van der Waals surface area contributed by atoms with Gasteiger partial charge in [-0.25, -0.2) is 4.79 Å². The zero-order valence-electron chi connectivity index (χ0n) is 18.2. The average molecular weight is 406 g/mol. The van der Waals surface area contributed by atoms with E-state index in [1.54, 1.807) is 13.0 Å². The van der Waals surface area contributed by atoms with Crippen molar-refractivity contribution in [2.45, 2.75) is 96.6 Å². The molecule has 5 aliphatic rings. The van der Waals surface area contributed by atoms with E-state index < -0.39 is 40.8 Å². The minimum atomic E-state index is -1.36. The highest BCUT2D eigenvalue weighted by Crippen LogP contribution is 2.72. The minimum Gasteiger partial charge on any atom is -0.476 e. The lowest BCUT2D eigenvalue weighted by Crippen LogP contribution is -2.85. The van der Waals surface area contributed by atoms with Crippen LogP contribution in [0, 0.1) is 16.7 Å². The number of hydrogen-bond acceptors (Lipinski definition) is 7. The molecule has 7 atom stereocenters. The van der Waals surface area contributed by atoms with Gasteiger partial charge in [0, 0.05) is 11.3 Å². The van der Waals surface area contributed by atoms with E-state index in [0.717, 1.165) is 12.8 Å². The molecule has 5 fully saturated rings. The van der Waals surface area contributed by atoms with Crippen LogP contribution in [0.25, 0.3) is 0 Å². The van der Waals surface area contributed by atoms with Crippen LogP contribution in [0.4, 0.5) is 4.79 Å². The van der Waals surface area contributed by atoms with Gasteiger partial charge in [-0.1, -0.05) is 20.8 Å². The Bertz CT molecular complexity index is 844. The summed E-state index contributed by atoms with van der Waals surface area (Å²) in [5.41, 5.74) is -3.56. The molecule has 0 unspecified atom stereocenters. The third-order valence-electron chi connectivity index (χ3n) is 8.24. The molecule has 0 aromatic heterocycles. The van der Waals surface area contributed by atoms with Crippen LogP contribution < -0.4 is 0 Å². The fraction of sp³-hybridized carbons (Fsp3) is 0.818. The van der Waals surface area contributed by atoms with Crippen LogP contribution in [0.3, 0.4) is 0 Å². The zero-order chi connectivity index (χ0) is 21.2. The number of ketones is 1. The van der Waals surface area contributed by atoms with Crippen LogP contribution in [0.2, 0.25) is 0 Å². The van der Waals surface area contributed by atoms with Gasteiger partial charge < -0.3 is 23.7 Å². The maximum atomic E-state index is 14.0. The Labute approximate surface area is 171 Å². The highest BCUT2D eigenvalue weighted by Gasteiger charge is 2.88. The molecule has 3 heterocycles. The fourth-order valence-electron chi connectivity index (χ4n) is 7.39. The van der Waals surface area contributed by atoms with Crippen molar-refractivity contribution in [3.05, 3.63) is 11.8 Å². The summed E-state index contributed by atoms with van der Waals surface area (Å²) in [6, 6.07) is 0. The normalized spacial score (nSPS) is 52.7. The third kappa shape index (κ3) is 1.92. The Balaban J connectivity index is 1.86. The van der Waals surface area contributed by atoms with Crippen molar-refractivity contribution in [1.29, 1.82) is 0 Å². The number of carbonyl (C=O) groups excluding carboxylic acids is 2. The van der Waals surface area contributed by atoms with Crippen molar-refractivity contribution >= 4 is 11.9 Å². The Kier molecular flexibility index (Phi) is 3.45. The number of hydrogen-bond donors (Lipinski definition) is 0. The summed E-state index contributed by atoms with van der Waals surface area (Å²) in [7, 11) is 0. The van der Waals surface area contributed by atoms with E-state index in [-0.39, 0.29) is 29.0 Å². The summed E-state index contributed by atoms with van der Waals surface area (Å²) in [5, 5.41) is 0. The van der Waals surface area contributed by atoms with E-state index >= 15 is 0 Å². The number of fused-ring (bicyclic) bond motifs is 3. The summed E-state index contributed by atoms with van der Waals surface area (Å²) in [6.45, 7) is 13.6. The SMILES string of the molecule is C/C=C1\O[C@]2(C)[C@H]3OC(=O)O[C@H]3[C@H]3C(C)(C)CC[C@@H]4OC(C)(C)O[C@@]2(C1=O)[C@@]43C. The Morgan fingerprint density at radius 2 is 1.72 bits per heavy atom. The van der Waals surface area contributed by atoms with Gasteiger partial charge in [-0.15, -0.1) is 0 Å². The van der Waals surface area contributed by atoms with E-state index in [4.69, 9.17) is 23.7 Å². The van der Waals surface area contributed by atoms with Gasteiger partial charge in [-0.3, -0.25) is 4.79 Å². The first-order valence-corrected chi connectivity index (χ1v) is 10.5. The molecule has 2 aliphatic carbocycles. The van der Waals surface area contributed by atoms with E-state index in [0.29, 0.717) is 0 Å². The number of carbonyl (C=O) groups is 2. The molecule has 0 bridgehead atoms. The molecule has 0 amide bonds. The molecule has 3 aliphatic heterocycles. The monoisotopic (exact) mass is 406 g/mol. The summed E-state index contributed by atoms with van der Waals surface area (Å²) in [6.07, 6.45) is 1.08. The smallest absolute Gasteiger partial charge is 0.476 e. The molecule has 1 spiro atoms. The standard InChI is InChI=1S/C22H30O7/c1-8-11-15(23)22-20(6)12(28-19(4,5)29-22)9-10-18(2,3)14(20)13-16(21(22,7)27-11)26-17(24)25-13/h8,12-14,16H,9-10H2,1-7H3/b11-8-/t12-,13-,14-,16-,20-,21+,22-/m0/s1. The number of Topliss-reactive ketones (excluding diaryl/α,β-unsaturated/α-hetero) is 1. The highest BCUT2D eigenvalue weighted by molar-refractivity contribution is 6.05. The topological polar surface area (TPSA) is 80.3 Å². The predicted octanol–water partition coefficient (Wildman–Crippen LogP) is 3.50. The second-order valence-corrected chi connectivity index (χ2v) is 10.6. The third-order valence-corrected chi connectivity index (χ3v) is 8.24. The van der Waals surface area contributed by atoms with Crippen molar-refractivity contribution < 1.29 is 33.3 Å². The summed E-state index contributed by atoms with van der Waals surface area (Å²) in [4.78, 5) is 26.3. The molecular weight excluding hydrogens is 376 g/mol. The fourth-order valence-corrected chi connectivity index (χ4v) is 7.39. The van der Waals surface area contributed by atoms with Gasteiger partial charge >= 0.3 is 6.16 Å². The van der Waals surface area contributed by atoms with Crippen molar-refractivity contribution in [2.75, 3.05) is 0 Å². The molecule has 3 saturated heterocycles. The molecule has 5 rings (SSSR count). The Morgan fingerprint density at radius 1 is 1.03 bits per heavy atom. The second kappa shape index (κ2) is 5.17. The molecule has 0 radical (unpaired) electrons. The van der Waals surface area contributed by atoms with Crippen molar-refractivity contribution in [1.82, 2.24) is 0 Å². The van der Waals surface area contributed by atoms with Gasteiger partial charge in [0.2, 0.25) is 5.78 Å². The van der Waals surface area contributed by atoms with Crippen LogP contribution in [0.5, 0.6) is 0 Å². The van der Waals surface area contributed by atoms with E-state index in [1.807, 2.05) is 20.8 Å². The average Bonchev–Trinajstić information content (AvgIpc) is 3.08. The molecule has 0 N–H and O–H groups in total. The molecule has 0 aromatic rings. The maximum Gasteiger partial charge on any atom is 0.509 e. The molecule has 29 heavy (non-hydrogen) atoms. The largest absolute Gasteiger partial charge is 0.509 e. The summed E-state index contributed by atoms with van der Waals surface area (Å²) >= 11 is 0. The van der Waals surface area contributed by atoms with Crippen molar-refractivity contribution in [3.8, 4) is 0 Å². The predicted molar refractivity (Wildman–Crippen MR) is 101 cm³/mol. The van der Waals surface area contributed by atoms with Gasteiger partial charge in [0.1, 0.15) is 0 Å². The van der Waals surface area contributed by atoms with Crippen LogP contribution in [0.1, 0.15) is 61.3 Å². The minimum absolute atomic E-state index is 0.196. The van der Waals surface area contributed by atoms with Gasteiger partial charge in [-0.05, 0) is 52.0 Å². The van der Waals surface area contributed by atoms with Crippen LogP contribution in [-0.2, 0) is 28.5 Å². The Hall–Kier alpha value is -1.60. The maximum absolute atomic E-state index is 14.0.